The molecule has 1 unspecified atom stereocenters. The molecule has 32 heavy (non-hydrogen) atoms. The fourth-order valence-corrected chi connectivity index (χ4v) is 3.24. The van der Waals surface area contributed by atoms with Gasteiger partial charge in [-0.1, -0.05) is 44.2 Å². The van der Waals surface area contributed by atoms with E-state index in [9.17, 15) is 9.59 Å². The third-order valence-corrected chi connectivity index (χ3v) is 5.04. The lowest BCUT2D eigenvalue weighted by molar-refractivity contribution is -0.118. The molecule has 166 valence electrons. The van der Waals surface area contributed by atoms with Crippen LogP contribution in [0.2, 0.25) is 0 Å². The summed E-state index contributed by atoms with van der Waals surface area (Å²) in [6.07, 6.45) is 0. The molecule has 6 nitrogen and oxygen atoms in total. The van der Waals surface area contributed by atoms with Gasteiger partial charge in [0.15, 0.2) is 11.5 Å². The van der Waals surface area contributed by atoms with Gasteiger partial charge in [-0.2, -0.15) is 0 Å². The van der Waals surface area contributed by atoms with E-state index in [-0.39, 0.29) is 17.7 Å². The van der Waals surface area contributed by atoms with Crippen molar-refractivity contribution in [2.45, 2.75) is 26.8 Å². The molecule has 2 amide bonds. The Balaban J connectivity index is 1.66. The van der Waals surface area contributed by atoms with Gasteiger partial charge in [0.25, 0.3) is 5.91 Å². The van der Waals surface area contributed by atoms with E-state index in [0.717, 1.165) is 5.56 Å². The quantitative estimate of drug-likeness (QED) is 0.514. The number of ether oxygens (including phenoxy) is 2. The summed E-state index contributed by atoms with van der Waals surface area (Å²) >= 11 is 0. The zero-order valence-corrected chi connectivity index (χ0v) is 18.7. The molecule has 0 heterocycles. The Bertz CT molecular complexity index is 1080. The zero-order chi connectivity index (χ0) is 23.1. The van der Waals surface area contributed by atoms with Crippen LogP contribution in [0.3, 0.4) is 0 Å². The van der Waals surface area contributed by atoms with Crippen LogP contribution in [0, 0.1) is 12.8 Å². The average molecular weight is 433 g/mol. The highest BCUT2D eigenvalue weighted by Crippen LogP contribution is 2.31. The smallest absolute Gasteiger partial charge is 0.252 e. The molecule has 0 aromatic heterocycles. The van der Waals surface area contributed by atoms with E-state index in [2.05, 4.69) is 10.6 Å². The van der Waals surface area contributed by atoms with Gasteiger partial charge in [-0.15, -0.1) is 0 Å². The Labute approximate surface area is 188 Å². The number of carbonyl (C=O) groups excluding carboxylic acids is 2. The first-order valence-electron chi connectivity index (χ1n) is 10.5. The van der Waals surface area contributed by atoms with Crippen LogP contribution in [0.4, 0.5) is 5.69 Å². The molecule has 0 saturated heterocycles. The standard InChI is InChI=1S/C26H28N2O4/c1-17(2)24(28-25(29)21-10-6-5-9-18(21)3)26(30)27-19-13-15-20(16-14-19)32-23-12-8-7-11-22(23)31-4/h5-17,24H,1-4H3,(H,27,30)(H,28,29). The number of amides is 2. The molecule has 6 heteroatoms. The van der Waals surface area contributed by atoms with Gasteiger partial charge in [0.2, 0.25) is 5.91 Å². The van der Waals surface area contributed by atoms with E-state index in [1.807, 2.05) is 57.2 Å². The molecule has 0 aliphatic rings. The summed E-state index contributed by atoms with van der Waals surface area (Å²) in [7, 11) is 1.59. The van der Waals surface area contributed by atoms with Gasteiger partial charge in [-0.05, 0) is 60.9 Å². The topological polar surface area (TPSA) is 76.7 Å². The van der Waals surface area contributed by atoms with Gasteiger partial charge in [-0.25, -0.2) is 0 Å². The van der Waals surface area contributed by atoms with E-state index >= 15 is 0 Å². The summed E-state index contributed by atoms with van der Waals surface area (Å²) in [6.45, 7) is 5.66. The zero-order valence-electron chi connectivity index (χ0n) is 18.7. The monoisotopic (exact) mass is 432 g/mol. The number of rotatable bonds is 8. The molecule has 3 rings (SSSR count). The molecule has 1 atom stereocenters. The van der Waals surface area contributed by atoms with Crippen LogP contribution in [0.5, 0.6) is 17.2 Å². The predicted octanol–water partition coefficient (Wildman–Crippen LogP) is 5.19. The van der Waals surface area contributed by atoms with Crippen LogP contribution >= 0.6 is 0 Å². The van der Waals surface area contributed by atoms with Gasteiger partial charge in [0, 0.05) is 11.3 Å². The van der Waals surface area contributed by atoms with E-state index in [1.54, 1.807) is 43.5 Å². The molecule has 0 radical (unpaired) electrons. The van der Waals surface area contributed by atoms with Gasteiger partial charge in [0.1, 0.15) is 11.8 Å². The molecule has 3 aromatic carbocycles. The first kappa shape index (κ1) is 22.9. The molecule has 0 aliphatic heterocycles. The molecule has 0 bridgehead atoms. The summed E-state index contributed by atoms with van der Waals surface area (Å²) in [4.78, 5) is 25.6. The van der Waals surface area contributed by atoms with E-state index in [0.29, 0.717) is 28.5 Å². The highest BCUT2D eigenvalue weighted by atomic mass is 16.5. The highest BCUT2D eigenvalue weighted by Gasteiger charge is 2.25. The van der Waals surface area contributed by atoms with Gasteiger partial charge < -0.3 is 20.1 Å². The van der Waals surface area contributed by atoms with Crippen LogP contribution in [0.1, 0.15) is 29.8 Å². The van der Waals surface area contributed by atoms with Crippen LogP contribution in [0.15, 0.2) is 72.8 Å². The van der Waals surface area contributed by atoms with E-state index in [1.165, 1.54) is 0 Å². The first-order chi connectivity index (χ1) is 15.4. The summed E-state index contributed by atoms with van der Waals surface area (Å²) < 4.78 is 11.2. The first-order valence-corrected chi connectivity index (χ1v) is 10.5. The number of anilines is 1. The van der Waals surface area contributed by atoms with Crippen molar-refractivity contribution >= 4 is 17.5 Å². The van der Waals surface area contributed by atoms with Crippen molar-refractivity contribution in [2.24, 2.45) is 5.92 Å². The average Bonchev–Trinajstić information content (AvgIpc) is 2.79. The minimum Gasteiger partial charge on any atom is -0.493 e. The molecule has 0 saturated carbocycles. The number of benzene rings is 3. The maximum Gasteiger partial charge on any atom is 0.252 e. The van der Waals surface area contributed by atoms with Crippen molar-refractivity contribution in [3.05, 3.63) is 83.9 Å². The minimum atomic E-state index is -0.674. The number of methoxy groups -OCH3 is 1. The van der Waals surface area contributed by atoms with E-state index < -0.39 is 6.04 Å². The molecule has 0 fully saturated rings. The van der Waals surface area contributed by atoms with Crippen LogP contribution in [-0.2, 0) is 4.79 Å². The number of carbonyl (C=O) groups is 2. The highest BCUT2D eigenvalue weighted by molar-refractivity contribution is 6.01. The lowest BCUT2D eigenvalue weighted by atomic mass is 10.0. The number of hydrogen-bond donors (Lipinski definition) is 2. The van der Waals surface area contributed by atoms with Crippen LogP contribution < -0.4 is 20.1 Å². The van der Waals surface area contributed by atoms with Crippen molar-refractivity contribution in [3.63, 3.8) is 0 Å². The lowest BCUT2D eigenvalue weighted by Crippen LogP contribution is -2.47. The minimum absolute atomic E-state index is 0.0869. The second-order valence-electron chi connectivity index (χ2n) is 7.78. The van der Waals surface area contributed by atoms with E-state index in [4.69, 9.17) is 9.47 Å². The molecule has 0 spiro atoms. The number of nitrogens with one attached hydrogen (secondary N) is 2. The Hall–Kier alpha value is -3.80. The Morgan fingerprint density at radius 1 is 0.844 bits per heavy atom. The van der Waals surface area contributed by atoms with Crippen LogP contribution in [0.25, 0.3) is 0 Å². The van der Waals surface area contributed by atoms with Crippen molar-refractivity contribution in [1.82, 2.24) is 5.32 Å². The summed E-state index contributed by atoms with van der Waals surface area (Å²) in [5, 5.41) is 5.74. The Kier molecular flexibility index (Phi) is 7.49. The third kappa shape index (κ3) is 5.66. The van der Waals surface area contributed by atoms with Gasteiger partial charge in [0.05, 0.1) is 7.11 Å². The second kappa shape index (κ2) is 10.5. The Morgan fingerprint density at radius 3 is 2.09 bits per heavy atom. The molecule has 0 aliphatic carbocycles. The number of hydrogen-bond acceptors (Lipinski definition) is 4. The van der Waals surface area contributed by atoms with Crippen molar-refractivity contribution < 1.29 is 19.1 Å². The van der Waals surface area contributed by atoms with Crippen LogP contribution in [-0.4, -0.2) is 25.0 Å². The number of aryl methyl sites for hydroxylation is 1. The summed E-state index contributed by atoms with van der Waals surface area (Å²) in [6, 6.07) is 21.0. The molecule has 2 N–H and O–H groups in total. The summed E-state index contributed by atoms with van der Waals surface area (Å²) in [5.41, 5.74) is 2.03. The SMILES string of the molecule is COc1ccccc1Oc1ccc(NC(=O)C(NC(=O)c2ccccc2C)C(C)C)cc1. The van der Waals surface area contributed by atoms with Crippen molar-refractivity contribution in [2.75, 3.05) is 12.4 Å². The predicted molar refractivity (Wildman–Crippen MR) is 125 cm³/mol. The molecular formula is C26H28N2O4. The Morgan fingerprint density at radius 2 is 1.47 bits per heavy atom. The molecular weight excluding hydrogens is 404 g/mol. The largest absolute Gasteiger partial charge is 0.493 e. The molecule has 3 aromatic rings. The lowest BCUT2D eigenvalue weighted by Gasteiger charge is -2.22. The van der Waals surface area contributed by atoms with Crippen molar-refractivity contribution in [3.8, 4) is 17.2 Å². The van der Waals surface area contributed by atoms with Crippen molar-refractivity contribution in [1.29, 1.82) is 0 Å². The third-order valence-electron chi connectivity index (χ3n) is 5.04. The maximum atomic E-state index is 12.9. The fourth-order valence-electron chi connectivity index (χ4n) is 3.24. The number of para-hydroxylation sites is 2. The summed E-state index contributed by atoms with van der Waals surface area (Å²) in [5.74, 6) is 1.22. The normalized spacial score (nSPS) is 11.5. The van der Waals surface area contributed by atoms with Gasteiger partial charge >= 0.3 is 0 Å². The van der Waals surface area contributed by atoms with Gasteiger partial charge in [-0.3, -0.25) is 9.59 Å². The maximum absolute atomic E-state index is 12.9. The fraction of sp³-hybridized carbons (Fsp3) is 0.231. The second-order valence-corrected chi connectivity index (χ2v) is 7.78.